The summed E-state index contributed by atoms with van der Waals surface area (Å²) in [5.74, 6) is -1.16. The summed E-state index contributed by atoms with van der Waals surface area (Å²) < 4.78 is 32.3. The van der Waals surface area contributed by atoms with E-state index < -0.39 is 35.6 Å². The molecule has 0 aromatic carbocycles. The van der Waals surface area contributed by atoms with Gasteiger partial charge in [-0.3, -0.25) is 14.3 Å². The van der Waals surface area contributed by atoms with E-state index in [1.54, 1.807) is 4.98 Å². The molecule has 8 heteroatoms. The third kappa shape index (κ3) is 2.13. The highest BCUT2D eigenvalue weighted by Gasteiger charge is 2.41. The minimum atomic E-state index is -1.95. The SMILES string of the molecule is O=c1[nH]c(=O)n([C@@H]2C[C@](F)(CO)CO2)cc1F. The largest absolute Gasteiger partial charge is 0.393 e. The Morgan fingerprint density at radius 2 is 2.35 bits per heavy atom. The van der Waals surface area contributed by atoms with Crippen LogP contribution in [0, 0.1) is 5.82 Å². The van der Waals surface area contributed by atoms with Gasteiger partial charge >= 0.3 is 5.69 Å². The first kappa shape index (κ1) is 11.9. The molecule has 0 radical (unpaired) electrons. The number of aromatic nitrogens is 2. The molecule has 6 nitrogen and oxygen atoms in total. The van der Waals surface area contributed by atoms with E-state index in [1.165, 1.54) is 0 Å². The van der Waals surface area contributed by atoms with Crippen molar-refractivity contribution in [3.63, 3.8) is 0 Å². The number of H-pyrrole nitrogens is 1. The van der Waals surface area contributed by atoms with Crippen LogP contribution in [0.3, 0.4) is 0 Å². The van der Waals surface area contributed by atoms with Gasteiger partial charge in [0.25, 0.3) is 5.56 Å². The predicted molar refractivity (Wildman–Crippen MR) is 51.8 cm³/mol. The minimum absolute atomic E-state index is 0.283. The first-order valence-electron chi connectivity index (χ1n) is 4.87. The second-order valence-corrected chi connectivity index (χ2v) is 3.92. The molecule has 0 unspecified atom stereocenters. The van der Waals surface area contributed by atoms with Gasteiger partial charge in [0, 0.05) is 6.42 Å². The van der Waals surface area contributed by atoms with Crippen molar-refractivity contribution in [2.45, 2.75) is 18.3 Å². The molecule has 2 heterocycles. The maximum atomic E-state index is 13.6. The van der Waals surface area contributed by atoms with E-state index in [0.717, 1.165) is 4.57 Å². The second-order valence-electron chi connectivity index (χ2n) is 3.92. The Bertz CT molecular complexity index is 541. The molecule has 2 N–H and O–H groups in total. The molecular formula is C9H10F2N2O4. The molecule has 1 aliphatic heterocycles. The van der Waals surface area contributed by atoms with Crippen molar-refractivity contribution in [3.05, 3.63) is 32.9 Å². The van der Waals surface area contributed by atoms with E-state index in [2.05, 4.69) is 0 Å². The van der Waals surface area contributed by atoms with Gasteiger partial charge in [0.15, 0.2) is 5.67 Å². The molecule has 94 valence electrons. The predicted octanol–water partition coefficient (Wildman–Crippen LogP) is -0.705. The van der Waals surface area contributed by atoms with Gasteiger partial charge in [0.1, 0.15) is 6.23 Å². The van der Waals surface area contributed by atoms with Gasteiger partial charge in [-0.25, -0.2) is 9.18 Å². The quantitative estimate of drug-likeness (QED) is 0.724. The number of nitrogens with zero attached hydrogens (tertiary/aromatic N) is 1. The van der Waals surface area contributed by atoms with E-state index in [9.17, 15) is 18.4 Å². The maximum absolute atomic E-state index is 13.6. The highest BCUT2D eigenvalue weighted by molar-refractivity contribution is 4.93. The van der Waals surface area contributed by atoms with Gasteiger partial charge in [-0.15, -0.1) is 0 Å². The van der Waals surface area contributed by atoms with Crippen LogP contribution in [0.4, 0.5) is 8.78 Å². The third-order valence-electron chi connectivity index (χ3n) is 2.59. The summed E-state index contributed by atoms with van der Waals surface area (Å²) in [5.41, 5.74) is -3.97. The van der Waals surface area contributed by atoms with Crippen molar-refractivity contribution in [3.8, 4) is 0 Å². The van der Waals surface area contributed by atoms with Crippen LogP contribution in [0.15, 0.2) is 15.8 Å². The van der Waals surface area contributed by atoms with Crippen molar-refractivity contribution >= 4 is 0 Å². The average Bonchev–Trinajstić information content (AvgIpc) is 2.67. The molecule has 0 bridgehead atoms. The Morgan fingerprint density at radius 1 is 1.65 bits per heavy atom. The van der Waals surface area contributed by atoms with E-state index in [4.69, 9.17) is 9.84 Å². The van der Waals surface area contributed by atoms with Crippen LogP contribution >= 0.6 is 0 Å². The van der Waals surface area contributed by atoms with Crippen molar-refractivity contribution in [2.24, 2.45) is 0 Å². The number of hydrogen-bond donors (Lipinski definition) is 2. The fraction of sp³-hybridized carbons (Fsp3) is 0.556. The lowest BCUT2D eigenvalue weighted by atomic mass is 10.1. The highest BCUT2D eigenvalue weighted by Crippen LogP contribution is 2.32. The number of nitrogens with one attached hydrogen (secondary N) is 1. The van der Waals surface area contributed by atoms with Crippen molar-refractivity contribution in [1.82, 2.24) is 9.55 Å². The van der Waals surface area contributed by atoms with E-state index in [0.29, 0.717) is 6.20 Å². The highest BCUT2D eigenvalue weighted by atomic mass is 19.1. The smallest absolute Gasteiger partial charge is 0.330 e. The Labute approximate surface area is 93.5 Å². The number of hydrogen-bond acceptors (Lipinski definition) is 4. The lowest BCUT2D eigenvalue weighted by molar-refractivity contribution is 0.0269. The van der Waals surface area contributed by atoms with Gasteiger partial charge in [0.2, 0.25) is 5.82 Å². The maximum Gasteiger partial charge on any atom is 0.330 e. The molecule has 1 aromatic heterocycles. The molecular weight excluding hydrogens is 238 g/mol. The van der Waals surface area contributed by atoms with Gasteiger partial charge in [-0.05, 0) is 0 Å². The molecule has 1 aromatic rings. The summed E-state index contributed by atoms with van der Waals surface area (Å²) in [5, 5.41) is 8.78. The number of rotatable bonds is 2. The van der Waals surface area contributed by atoms with Crippen LogP contribution < -0.4 is 11.2 Å². The summed E-state index contributed by atoms with van der Waals surface area (Å²) >= 11 is 0. The molecule has 0 aliphatic carbocycles. The topological polar surface area (TPSA) is 84.3 Å². The summed E-state index contributed by atoms with van der Waals surface area (Å²) in [6.45, 7) is -1.13. The van der Waals surface area contributed by atoms with Gasteiger partial charge < -0.3 is 9.84 Å². The van der Waals surface area contributed by atoms with Crippen molar-refractivity contribution < 1.29 is 18.6 Å². The zero-order valence-corrected chi connectivity index (χ0v) is 8.65. The number of ether oxygens (including phenoxy) is 1. The van der Waals surface area contributed by atoms with Crippen LogP contribution in [0.5, 0.6) is 0 Å². The summed E-state index contributed by atoms with van der Waals surface area (Å²) in [7, 11) is 0. The zero-order chi connectivity index (χ0) is 12.6. The second kappa shape index (κ2) is 4.04. The Balaban J connectivity index is 2.34. The van der Waals surface area contributed by atoms with Crippen molar-refractivity contribution in [1.29, 1.82) is 0 Å². The Kier molecular flexibility index (Phi) is 2.84. The Morgan fingerprint density at radius 3 is 2.94 bits per heavy atom. The lowest BCUT2D eigenvalue weighted by Crippen LogP contribution is -2.34. The third-order valence-corrected chi connectivity index (χ3v) is 2.59. The zero-order valence-electron chi connectivity index (χ0n) is 8.65. The van der Waals surface area contributed by atoms with Gasteiger partial charge in [0.05, 0.1) is 19.4 Å². The van der Waals surface area contributed by atoms with Crippen LogP contribution in [0.2, 0.25) is 0 Å². The minimum Gasteiger partial charge on any atom is -0.393 e. The molecule has 0 amide bonds. The van der Waals surface area contributed by atoms with E-state index >= 15 is 0 Å². The summed E-state index contributed by atoms with van der Waals surface area (Å²) in [4.78, 5) is 23.9. The molecule has 2 atom stereocenters. The van der Waals surface area contributed by atoms with E-state index in [1.807, 2.05) is 0 Å². The average molecular weight is 248 g/mol. The van der Waals surface area contributed by atoms with Crippen molar-refractivity contribution in [2.75, 3.05) is 13.2 Å². The molecule has 1 saturated heterocycles. The number of aliphatic hydroxyl groups excluding tert-OH is 1. The molecule has 1 fully saturated rings. The number of aromatic amines is 1. The molecule has 0 spiro atoms. The lowest BCUT2D eigenvalue weighted by Gasteiger charge is -2.14. The monoisotopic (exact) mass is 248 g/mol. The van der Waals surface area contributed by atoms with Gasteiger partial charge in [-0.1, -0.05) is 0 Å². The van der Waals surface area contributed by atoms with Crippen LogP contribution in [0.25, 0.3) is 0 Å². The fourth-order valence-electron chi connectivity index (χ4n) is 1.64. The van der Waals surface area contributed by atoms with Gasteiger partial charge in [-0.2, -0.15) is 4.39 Å². The number of halogens is 2. The van der Waals surface area contributed by atoms with Crippen LogP contribution in [-0.2, 0) is 4.74 Å². The molecule has 17 heavy (non-hydrogen) atoms. The summed E-state index contributed by atoms with van der Waals surface area (Å²) in [6, 6.07) is 0. The molecule has 1 aliphatic rings. The Hall–Kier alpha value is -1.54. The number of aliphatic hydroxyl groups is 1. The normalized spacial score (nSPS) is 28.5. The van der Waals surface area contributed by atoms with Crippen LogP contribution in [-0.4, -0.2) is 33.5 Å². The molecule has 0 saturated carbocycles. The molecule has 2 rings (SSSR count). The number of alkyl halides is 1. The first-order valence-corrected chi connectivity index (χ1v) is 4.87. The standard InChI is InChI=1S/C9H10F2N2O4/c10-5-2-13(8(16)12-7(5)15)6-1-9(11,3-14)4-17-6/h2,6,14H,1,3-4H2,(H,12,15,16)/t6-,9-/m0/s1. The van der Waals surface area contributed by atoms with E-state index in [-0.39, 0.29) is 13.0 Å². The van der Waals surface area contributed by atoms with Crippen LogP contribution in [0.1, 0.15) is 12.6 Å². The summed E-state index contributed by atoms with van der Waals surface area (Å²) in [6.07, 6.45) is -0.657. The first-order chi connectivity index (χ1) is 7.95. The fourth-order valence-corrected chi connectivity index (χ4v) is 1.64.